The second kappa shape index (κ2) is 3.32. The van der Waals surface area contributed by atoms with Crippen molar-refractivity contribution in [3.05, 3.63) is 45.4 Å². The molecule has 3 rings (SSSR count). The Morgan fingerprint density at radius 1 is 1.31 bits per heavy atom. The zero-order valence-electron chi connectivity index (χ0n) is 8.46. The molecule has 1 aliphatic rings. The predicted molar refractivity (Wildman–Crippen MR) is 66.0 cm³/mol. The zero-order chi connectivity index (χ0) is 11.3. The van der Waals surface area contributed by atoms with Crippen molar-refractivity contribution in [3.8, 4) is 0 Å². The van der Waals surface area contributed by atoms with Crippen molar-refractivity contribution in [2.45, 2.75) is 12.8 Å². The summed E-state index contributed by atoms with van der Waals surface area (Å²) in [5, 5.41) is 11.4. The molecular formula is C13H9BrO2. The molecule has 16 heavy (non-hydrogen) atoms. The molecular weight excluding hydrogens is 268 g/mol. The largest absolute Gasteiger partial charge is 0.478 e. The van der Waals surface area contributed by atoms with Crippen LogP contribution in [0.4, 0.5) is 0 Å². The van der Waals surface area contributed by atoms with Crippen molar-refractivity contribution < 1.29 is 9.90 Å². The predicted octanol–water partition coefficient (Wildman–Crippen LogP) is 3.40. The van der Waals surface area contributed by atoms with Gasteiger partial charge in [-0.15, -0.1) is 0 Å². The molecule has 1 aliphatic carbocycles. The summed E-state index contributed by atoms with van der Waals surface area (Å²) in [6, 6.07) is 7.85. The van der Waals surface area contributed by atoms with E-state index in [0.717, 1.165) is 33.7 Å². The molecule has 0 aromatic heterocycles. The van der Waals surface area contributed by atoms with Crippen LogP contribution in [0.3, 0.4) is 0 Å². The van der Waals surface area contributed by atoms with Crippen LogP contribution in [0.15, 0.2) is 28.7 Å². The highest BCUT2D eigenvalue weighted by Crippen LogP contribution is 2.37. The highest BCUT2D eigenvalue weighted by atomic mass is 79.9. The van der Waals surface area contributed by atoms with Gasteiger partial charge in [-0.1, -0.05) is 34.1 Å². The molecule has 0 unspecified atom stereocenters. The first-order valence-corrected chi connectivity index (χ1v) is 5.94. The van der Waals surface area contributed by atoms with E-state index in [-0.39, 0.29) is 0 Å². The van der Waals surface area contributed by atoms with E-state index in [9.17, 15) is 9.90 Å². The van der Waals surface area contributed by atoms with Crippen molar-refractivity contribution in [1.29, 1.82) is 0 Å². The maximum Gasteiger partial charge on any atom is 0.336 e. The average Bonchev–Trinajstić information content (AvgIpc) is 2.68. The zero-order valence-corrected chi connectivity index (χ0v) is 10.0. The SMILES string of the molecule is O=C(O)c1cc(Br)c2cccc3c2c1CC3. The van der Waals surface area contributed by atoms with E-state index in [1.807, 2.05) is 12.1 Å². The molecule has 0 aliphatic heterocycles. The first kappa shape index (κ1) is 9.85. The Balaban J connectivity index is 2.51. The summed E-state index contributed by atoms with van der Waals surface area (Å²) in [6.07, 6.45) is 1.79. The number of halogens is 1. The molecule has 0 heterocycles. The molecule has 2 aromatic carbocycles. The third-order valence-corrected chi connectivity index (χ3v) is 3.84. The van der Waals surface area contributed by atoms with E-state index >= 15 is 0 Å². The molecule has 0 saturated carbocycles. The molecule has 2 aromatic rings. The molecule has 2 nitrogen and oxygen atoms in total. The van der Waals surface area contributed by atoms with Gasteiger partial charge in [0.25, 0.3) is 0 Å². The molecule has 1 N–H and O–H groups in total. The average molecular weight is 277 g/mol. The number of hydrogen-bond donors (Lipinski definition) is 1. The van der Waals surface area contributed by atoms with E-state index < -0.39 is 5.97 Å². The van der Waals surface area contributed by atoms with Crippen LogP contribution in [0.1, 0.15) is 21.5 Å². The highest BCUT2D eigenvalue weighted by molar-refractivity contribution is 9.10. The van der Waals surface area contributed by atoms with Crippen LogP contribution in [0.5, 0.6) is 0 Å². The topological polar surface area (TPSA) is 37.3 Å². The van der Waals surface area contributed by atoms with Crippen LogP contribution < -0.4 is 0 Å². The number of hydrogen-bond acceptors (Lipinski definition) is 1. The summed E-state index contributed by atoms with van der Waals surface area (Å²) in [6.45, 7) is 0. The van der Waals surface area contributed by atoms with Gasteiger partial charge in [-0.25, -0.2) is 4.79 Å². The van der Waals surface area contributed by atoms with Gasteiger partial charge in [0.1, 0.15) is 0 Å². The Hall–Kier alpha value is -1.35. The van der Waals surface area contributed by atoms with Gasteiger partial charge >= 0.3 is 5.97 Å². The molecule has 0 fully saturated rings. The number of aromatic carboxylic acids is 1. The van der Waals surface area contributed by atoms with Crippen molar-refractivity contribution in [1.82, 2.24) is 0 Å². The number of carboxylic acid groups (broad SMARTS) is 1. The standard InChI is InChI=1S/C13H9BrO2/c14-11-6-10(13(15)16)8-5-4-7-2-1-3-9(11)12(7)8/h1-3,6H,4-5H2,(H,15,16). The van der Waals surface area contributed by atoms with Crippen molar-refractivity contribution in [3.63, 3.8) is 0 Å². The maximum atomic E-state index is 11.2. The quantitative estimate of drug-likeness (QED) is 0.867. The van der Waals surface area contributed by atoms with Gasteiger partial charge in [-0.2, -0.15) is 0 Å². The molecule has 0 atom stereocenters. The van der Waals surface area contributed by atoms with E-state index in [0.29, 0.717) is 5.56 Å². The van der Waals surface area contributed by atoms with Gasteiger partial charge in [0.2, 0.25) is 0 Å². The molecule has 0 saturated heterocycles. The normalized spacial score (nSPS) is 13.3. The summed E-state index contributed by atoms with van der Waals surface area (Å²) < 4.78 is 0.868. The van der Waals surface area contributed by atoms with Gasteiger partial charge in [-0.3, -0.25) is 0 Å². The van der Waals surface area contributed by atoms with Gasteiger partial charge in [0.05, 0.1) is 5.56 Å². The monoisotopic (exact) mass is 276 g/mol. The Morgan fingerprint density at radius 2 is 2.12 bits per heavy atom. The number of rotatable bonds is 1. The molecule has 80 valence electrons. The van der Waals surface area contributed by atoms with Crippen LogP contribution >= 0.6 is 15.9 Å². The van der Waals surface area contributed by atoms with Crippen LogP contribution in [0, 0.1) is 0 Å². The lowest BCUT2D eigenvalue weighted by Gasteiger charge is -2.07. The van der Waals surface area contributed by atoms with Crippen molar-refractivity contribution >= 4 is 32.7 Å². The van der Waals surface area contributed by atoms with Crippen LogP contribution in [-0.4, -0.2) is 11.1 Å². The fourth-order valence-electron chi connectivity index (χ4n) is 2.50. The van der Waals surface area contributed by atoms with Crippen LogP contribution in [0.25, 0.3) is 10.8 Å². The van der Waals surface area contributed by atoms with E-state index in [2.05, 4.69) is 22.0 Å². The van der Waals surface area contributed by atoms with Gasteiger partial charge in [0.15, 0.2) is 0 Å². The van der Waals surface area contributed by atoms with Crippen molar-refractivity contribution in [2.75, 3.05) is 0 Å². The maximum absolute atomic E-state index is 11.2. The smallest absolute Gasteiger partial charge is 0.336 e. The van der Waals surface area contributed by atoms with Gasteiger partial charge < -0.3 is 5.11 Å². The highest BCUT2D eigenvalue weighted by Gasteiger charge is 2.22. The minimum atomic E-state index is -0.839. The summed E-state index contributed by atoms with van der Waals surface area (Å²) >= 11 is 3.45. The molecule has 0 spiro atoms. The number of benzene rings is 2. The first-order chi connectivity index (χ1) is 7.68. The van der Waals surface area contributed by atoms with Crippen LogP contribution in [-0.2, 0) is 12.8 Å². The first-order valence-electron chi connectivity index (χ1n) is 5.15. The van der Waals surface area contributed by atoms with Crippen LogP contribution in [0.2, 0.25) is 0 Å². The second-order valence-corrected chi connectivity index (χ2v) is 4.88. The number of aryl methyl sites for hydroxylation is 2. The van der Waals surface area contributed by atoms with Crippen molar-refractivity contribution in [2.24, 2.45) is 0 Å². The minimum absolute atomic E-state index is 0.435. The van der Waals surface area contributed by atoms with E-state index in [4.69, 9.17) is 0 Å². The van der Waals surface area contributed by atoms with E-state index in [1.165, 1.54) is 5.56 Å². The number of carboxylic acids is 1. The summed E-state index contributed by atoms with van der Waals surface area (Å²) in [7, 11) is 0. The van der Waals surface area contributed by atoms with E-state index in [1.54, 1.807) is 6.07 Å². The lowest BCUT2D eigenvalue weighted by atomic mass is 10.0. The van der Waals surface area contributed by atoms with Gasteiger partial charge in [-0.05, 0) is 40.8 Å². The lowest BCUT2D eigenvalue weighted by Crippen LogP contribution is -2.01. The minimum Gasteiger partial charge on any atom is -0.478 e. The lowest BCUT2D eigenvalue weighted by molar-refractivity contribution is 0.0696. The fraction of sp³-hybridized carbons (Fsp3) is 0.154. The molecule has 0 bridgehead atoms. The van der Waals surface area contributed by atoms with Gasteiger partial charge in [0, 0.05) is 4.47 Å². The Kier molecular flexibility index (Phi) is 2.04. The Morgan fingerprint density at radius 3 is 2.88 bits per heavy atom. The fourth-order valence-corrected chi connectivity index (χ4v) is 3.06. The summed E-state index contributed by atoms with van der Waals surface area (Å²) in [5.74, 6) is -0.839. The third kappa shape index (κ3) is 1.21. The summed E-state index contributed by atoms with van der Waals surface area (Å²) in [4.78, 5) is 11.2. The Labute approximate surface area is 101 Å². The second-order valence-electron chi connectivity index (χ2n) is 4.03. The summed E-state index contributed by atoms with van der Waals surface area (Å²) in [5.41, 5.74) is 2.68. The molecule has 0 radical (unpaired) electrons. The third-order valence-electron chi connectivity index (χ3n) is 3.18. The molecule has 0 amide bonds. The Bertz CT molecular complexity index is 617. The molecule has 3 heteroatoms. The number of carbonyl (C=O) groups is 1.